The lowest BCUT2D eigenvalue weighted by Crippen LogP contribution is -2.19. The molecular formula is C23H29N5O2S2. The summed E-state index contributed by atoms with van der Waals surface area (Å²) in [5, 5.41) is 23.0. The fourth-order valence-corrected chi connectivity index (χ4v) is 6.80. The van der Waals surface area contributed by atoms with E-state index in [1.807, 2.05) is 0 Å². The van der Waals surface area contributed by atoms with Crippen molar-refractivity contribution in [3.63, 3.8) is 0 Å². The first kappa shape index (κ1) is 21.9. The zero-order valence-electron chi connectivity index (χ0n) is 18.4. The minimum Gasteiger partial charge on any atom is -0.376 e. The van der Waals surface area contributed by atoms with Gasteiger partial charge in [-0.15, -0.1) is 21.5 Å². The number of fused-ring (bicyclic) bond motifs is 1. The Labute approximate surface area is 196 Å². The summed E-state index contributed by atoms with van der Waals surface area (Å²) in [5.41, 5.74) is 1.81. The Morgan fingerprint density at radius 1 is 1.34 bits per heavy atom. The third-order valence-corrected chi connectivity index (χ3v) is 8.88. The van der Waals surface area contributed by atoms with E-state index >= 15 is 0 Å². The minimum absolute atomic E-state index is 0.100. The maximum Gasteiger partial charge on any atom is 0.235 e. The molecule has 7 nitrogen and oxygen atoms in total. The number of rotatable bonds is 8. The number of amides is 1. The highest BCUT2D eigenvalue weighted by atomic mass is 32.2. The fraction of sp³-hybridized carbons (Fsp3) is 0.652. The fourth-order valence-electron chi connectivity index (χ4n) is 4.72. The summed E-state index contributed by atoms with van der Waals surface area (Å²) in [6, 6.07) is 2.34. The van der Waals surface area contributed by atoms with Crippen LogP contribution in [0, 0.1) is 17.2 Å². The van der Waals surface area contributed by atoms with Crippen molar-refractivity contribution in [1.82, 2.24) is 14.8 Å². The lowest BCUT2D eigenvalue weighted by atomic mass is 9.86. The molecule has 5 rings (SSSR count). The van der Waals surface area contributed by atoms with E-state index in [1.54, 1.807) is 11.3 Å². The van der Waals surface area contributed by atoms with Crippen molar-refractivity contribution < 1.29 is 9.53 Å². The van der Waals surface area contributed by atoms with E-state index in [9.17, 15) is 10.1 Å². The van der Waals surface area contributed by atoms with Crippen molar-refractivity contribution in [2.45, 2.75) is 82.0 Å². The molecule has 1 N–H and O–H groups in total. The second kappa shape index (κ2) is 9.54. The zero-order chi connectivity index (χ0) is 22.1. The molecule has 1 saturated carbocycles. The van der Waals surface area contributed by atoms with Crippen LogP contribution >= 0.6 is 23.1 Å². The number of aromatic nitrogens is 3. The van der Waals surface area contributed by atoms with E-state index in [2.05, 4.69) is 33.1 Å². The quantitative estimate of drug-likeness (QED) is 0.569. The molecule has 2 atom stereocenters. The highest BCUT2D eigenvalue weighted by Gasteiger charge is 2.32. The van der Waals surface area contributed by atoms with Gasteiger partial charge in [0.15, 0.2) is 5.16 Å². The van der Waals surface area contributed by atoms with Crippen molar-refractivity contribution in [1.29, 1.82) is 5.26 Å². The number of nitrogens with zero attached hydrogens (tertiary/aromatic N) is 4. The van der Waals surface area contributed by atoms with Crippen molar-refractivity contribution in [2.75, 3.05) is 17.7 Å². The molecule has 0 bridgehead atoms. The third-order valence-electron chi connectivity index (χ3n) is 6.74. The highest BCUT2D eigenvalue weighted by Crippen LogP contribution is 2.41. The molecule has 2 aliphatic carbocycles. The van der Waals surface area contributed by atoms with E-state index in [1.165, 1.54) is 16.6 Å². The number of nitriles is 1. The van der Waals surface area contributed by atoms with Crippen LogP contribution in [-0.2, 0) is 28.9 Å². The molecule has 2 unspecified atom stereocenters. The molecule has 170 valence electrons. The molecule has 2 aromatic rings. The average Bonchev–Trinajstić information content (AvgIpc) is 3.20. The van der Waals surface area contributed by atoms with Crippen LogP contribution in [0.5, 0.6) is 0 Å². The molecule has 9 heteroatoms. The summed E-state index contributed by atoms with van der Waals surface area (Å²) in [4.78, 5) is 14.1. The second-order valence-electron chi connectivity index (χ2n) is 9.03. The number of carbonyl (C=O) groups excluding carboxylic acids is 1. The van der Waals surface area contributed by atoms with Crippen molar-refractivity contribution in [3.8, 4) is 6.07 Å². The molecule has 3 heterocycles. The van der Waals surface area contributed by atoms with Gasteiger partial charge in [-0.05, 0) is 56.4 Å². The Hall–Kier alpha value is -1.89. The number of thiophene rings is 1. The SMILES string of the molecule is CCC1CCc2c(sc(NC(=O)CSc3nnc(C4CC4)n3CC3CCCO3)c2C#N)C1. The summed E-state index contributed by atoms with van der Waals surface area (Å²) in [6.07, 6.45) is 8.93. The smallest absolute Gasteiger partial charge is 0.235 e. The van der Waals surface area contributed by atoms with Crippen LogP contribution in [0.2, 0.25) is 0 Å². The van der Waals surface area contributed by atoms with E-state index in [-0.39, 0.29) is 17.8 Å². The zero-order valence-corrected chi connectivity index (χ0v) is 20.1. The van der Waals surface area contributed by atoms with Gasteiger partial charge in [0.2, 0.25) is 5.91 Å². The monoisotopic (exact) mass is 471 g/mol. The first-order valence-corrected chi connectivity index (χ1v) is 13.5. The second-order valence-corrected chi connectivity index (χ2v) is 11.1. The molecule has 2 aromatic heterocycles. The molecule has 1 amide bonds. The number of hydrogen-bond donors (Lipinski definition) is 1. The molecule has 0 radical (unpaired) electrons. The topological polar surface area (TPSA) is 92.8 Å². The van der Waals surface area contributed by atoms with Gasteiger partial charge in [0.25, 0.3) is 0 Å². The standard InChI is InChI=1S/C23H29N5O2S2/c1-2-14-5-8-17-18(11-24)22(32-19(17)10-14)25-20(29)13-31-23-27-26-21(15-6-7-15)28(23)12-16-4-3-9-30-16/h14-16H,2-10,12-13H2,1H3,(H,25,29). The predicted molar refractivity (Wildman–Crippen MR) is 125 cm³/mol. The van der Waals surface area contributed by atoms with Crippen LogP contribution < -0.4 is 5.32 Å². The van der Waals surface area contributed by atoms with Gasteiger partial charge < -0.3 is 14.6 Å². The van der Waals surface area contributed by atoms with Gasteiger partial charge in [-0.2, -0.15) is 5.26 Å². The van der Waals surface area contributed by atoms with Gasteiger partial charge >= 0.3 is 0 Å². The summed E-state index contributed by atoms with van der Waals surface area (Å²) in [6.45, 7) is 3.81. The minimum atomic E-state index is -0.100. The Morgan fingerprint density at radius 2 is 2.22 bits per heavy atom. The summed E-state index contributed by atoms with van der Waals surface area (Å²) < 4.78 is 8.00. The molecule has 1 saturated heterocycles. The Bertz CT molecular complexity index is 1030. The maximum atomic E-state index is 12.8. The largest absolute Gasteiger partial charge is 0.376 e. The summed E-state index contributed by atoms with van der Waals surface area (Å²) in [5.74, 6) is 2.36. The van der Waals surface area contributed by atoms with Crippen molar-refractivity contribution in [2.24, 2.45) is 5.92 Å². The predicted octanol–water partition coefficient (Wildman–Crippen LogP) is 4.51. The van der Waals surface area contributed by atoms with Gasteiger partial charge in [0, 0.05) is 17.4 Å². The maximum absolute atomic E-state index is 12.8. The van der Waals surface area contributed by atoms with Gasteiger partial charge in [-0.25, -0.2) is 0 Å². The molecule has 0 aromatic carbocycles. The Kier molecular flexibility index (Phi) is 6.54. The Balaban J connectivity index is 1.25. The van der Waals surface area contributed by atoms with E-state index < -0.39 is 0 Å². The molecule has 0 spiro atoms. The molecule has 3 aliphatic rings. The van der Waals surface area contributed by atoms with Crippen LogP contribution in [0.1, 0.15) is 73.2 Å². The first-order valence-electron chi connectivity index (χ1n) is 11.7. The van der Waals surface area contributed by atoms with Crippen LogP contribution in [-0.4, -0.2) is 39.1 Å². The first-order chi connectivity index (χ1) is 15.7. The van der Waals surface area contributed by atoms with Gasteiger partial charge in [-0.3, -0.25) is 4.79 Å². The average molecular weight is 472 g/mol. The normalized spacial score (nSPS) is 22.5. The van der Waals surface area contributed by atoms with Crippen molar-refractivity contribution in [3.05, 3.63) is 21.8 Å². The number of thioether (sulfide) groups is 1. The molecule has 1 aliphatic heterocycles. The lowest BCUT2D eigenvalue weighted by Gasteiger charge is -2.20. The third kappa shape index (κ3) is 4.59. The van der Waals surface area contributed by atoms with Crippen LogP contribution in [0.25, 0.3) is 0 Å². The molecular weight excluding hydrogens is 442 g/mol. The Morgan fingerprint density at radius 3 is 2.94 bits per heavy atom. The molecule has 32 heavy (non-hydrogen) atoms. The number of nitrogens with one attached hydrogen (secondary N) is 1. The van der Waals surface area contributed by atoms with Crippen molar-refractivity contribution >= 4 is 34.0 Å². The summed E-state index contributed by atoms with van der Waals surface area (Å²) in [7, 11) is 0. The number of anilines is 1. The number of ether oxygens (including phenoxy) is 1. The van der Waals surface area contributed by atoms with Crippen LogP contribution in [0.4, 0.5) is 5.00 Å². The molecule has 2 fully saturated rings. The van der Waals surface area contributed by atoms with Crippen LogP contribution in [0.3, 0.4) is 0 Å². The number of carbonyl (C=O) groups is 1. The van der Waals surface area contributed by atoms with Gasteiger partial charge in [0.1, 0.15) is 16.9 Å². The van der Waals surface area contributed by atoms with Crippen LogP contribution in [0.15, 0.2) is 5.16 Å². The van der Waals surface area contributed by atoms with Gasteiger partial charge in [-0.1, -0.05) is 25.1 Å². The van der Waals surface area contributed by atoms with Gasteiger partial charge in [0.05, 0.1) is 24.0 Å². The van der Waals surface area contributed by atoms with E-state index in [4.69, 9.17) is 4.74 Å². The lowest BCUT2D eigenvalue weighted by molar-refractivity contribution is -0.113. The number of hydrogen-bond acceptors (Lipinski definition) is 7. The van der Waals surface area contributed by atoms with E-state index in [0.29, 0.717) is 22.4 Å². The highest BCUT2D eigenvalue weighted by molar-refractivity contribution is 7.99. The summed E-state index contributed by atoms with van der Waals surface area (Å²) >= 11 is 3.00. The van der Waals surface area contributed by atoms with E-state index in [0.717, 1.165) is 81.1 Å².